The third kappa shape index (κ3) is 16.5. The molecule has 0 spiro atoms. The van der Waals surface area contributed by atoms with Crippen molar-refractivity contribution in [2.75, 3.05) is 26.2 Å². The molecule has 0 saturated carbocycles. The van der Waals surface area contributed by atoms with Crippen LogP contribution in [0.3, 0.4) is 0 Å². The van der Waals surface area contributed by atoms with Crippen LogP contribution in [0.1, 0.15) is 25.7 Å². The average molecular weight is 309 g/mol. The first-order valence-corrected chi connectivity index (χ1v) is 6.52. The molecule has 0 aliphatic heterocycles. The summed E-state index contributed by atoms with van der Waals surface area (Å²) in [5, 5.41) is 25.8. The number of rotatable bonds is 12. The minimum Gasteiger partial charge on any atom is -0.659 e. The first kappa shape index (κ1) is 22.7. The van der Waals surface area contributed by atoms with Gasteiger partial charge in [-0.15, -0.1) is 13.1 Å². The average Bonchev–Trinajstić information content (AvgIpc) is 2.41. The summed E-state index contributed by atoms with van der Waals surface area (Å²) in [6.45, 7) is 1.35. The molecule has 0 atom stereocenters. The molecule has 0 heterocycles. The first-order valence-electron chi connectivity index (χ1n) is 6.52. The van der Waals surface area contributed by atoms with Crippen molar-refractivity contribution >= 4 is 23.8 Å². The zero-order chi connectivity index (χ0) is 16.1. The molecule has 0 aliphatic carbocycles. The Morgan fingerprint density at radius 1 is 0.727 bits per heavy atom. The van der Waals surface area contributed by atoms with E-state index < -0.39 is 11.9 Å². The summed E-state index contributed by atoms with van der Waals surface area (Å²) < 4.78 is 0. The molecule has 0 fully saturated rings. The molecule has 120 valence electrons. The Morgan fingerprint density at radius 2 is 1.09 bits per heavy atom. The zero-order valence-corrected chi connectivity index (χ0v) is 12.6. The molecular weight excluding hydrogens is 289 g/mol. The number of amides is 2. The monoisotopic (exact) mass is 309 g/mol. The molecule has 0 aliphatic rings. The van der Waals surface area contributed by atoms with Crippen molar-refractivity contribution in [1.29, 1.82) is 0 Å². The standard InChI is InChI=1S/C12H20N3O6.Li/c16-9(1-3-11(18)19)14-7-5-13-6-8-15-10(17)2-4-12(20)21;/h1-8H2,(H,14,16)(H,15,17)(H,18,19)(H,20,21);/q-1;+1. The molecule has 9 nitrogen and oxygen atoms in total. The van der Waals surface area contributed by atoms with Gasteiger partial charge in [-0.05, 0) is 13.1 Å². The van der Waals surface area contributed by atoms with E-state index in [1.165, 1.54) is 0 Å². The number of aliphatic carboxylic acids is 2. The third-order valence-electron chi connectivity index (χ3n) is 2.32. The molecule has 0 aromatic heterocycles. The van der Waals surface area contributed by atoms with Crippen molar-refractivity contribution in [2.24, 2.45) is 0 Å². The Morgan fingerprint density at radius 3 is 1.41 bits per heavy atom. The van der Waals surface area contributed by atoms with Crippen LogP contribution in [0.15, 0.2) is 0 Å². The van der Waals surface area contributed by atoms with Crippen LogP contribution in [-0.2, 0) is 19.2 Å². The summed E-state index contributed by atoms with van der Waals surface area (Å²) in [6, 6.07) is 0. The van der Waals surface area contributed by atoms with Crippen LogP contribution in [0.5, 0.6) is 0 Å². The fourth-order valence-corrected chi connectivity index (χ4v) is 1.28. The number of carboxylic acids is 2. The van der Waals surface area contributed by atoms with Crippen molar-refractivity contribution in [3.63, 3.8) is 0 Å². The van der Waals surface area contributed by atoms with Gasteiger partial charge in [0.05, 0.1) is 12.8 Å². The van der Waals surface area contributed by atoms with Crippen LogP contribution in [0, 0.1) is 0 Å². The second-order valence-electron chi connectivity index (χ2n) is 4.16. The Bertz CT molecular complexity index is 344. The molecule has 0 bridgehead atoms. The predicted molar refractivity (Wildman–Crippen MR) is 72.9 cm³/mol. The second kappa shape index (κ2) is 14.4. The molecule has 4 N–H and O–H groups in total. The Hall–Kier alpha value is -1.56. The molecule has 2 amide bonds. The Labute approximate surface area is 140 Å². The quantitative estimate of drug-likeness (QED) is 0.216. The van der Waals surface area contributed by atoms with E-state index in [1.54, 1.807) is 0 Å². The van der Waals surface area contributed by atoms with Gasteiger partial charge in [0.25, 0.3) is 0 Å². The largest absolute Gasteiger partial charge is 1.00 e. The van der Waals surface area contributed by atoms with Crippen LogP contribution >= 0.6 is 0 Å². The zero-order valence-electron chi connectivity index (χ0n) is 12.6. The molecule has 0 aromatic carbocycles. The molecule has 0 radical (unpaired) electrons. The fourth-order valence-electron chi connectivity index (χ4n) is 1.28. The van der Waals surface area contributed by atoms with E-state index in [0.29, 0.717) is 26.2 Å². The summed E-state index contributed by atoms with van der Waals surface area (Å²) in [5.41, 5.74) is 0. The normalized spacial score (nSPS) is 9.45. The maximum absolute atomic E-state index is 11.1. The number of nitrogens with one attached hydrogen (secondary N) is 2. The molecule has 22 heavy (non-hydrogen) atoms. The van der Waals surface area contributed by atoms with Gasteiger partial charge in [0.1, 0.15) is 0 Å². The van der Waals surface area contributed by atoms with Crippen LogP contribution in [0.2, 0.25) is 0 Å². The number of hydrogen-bond acceptors (Lipinski definition) is 4. The summed E-state index contributed by atoms with van der Waals surface area (Å²) in [7, 11) is 0. The molecule has 0 saturated heterocycles. The van der Waals surface area contributed by atoms with Gasteiger partial charge in [-0.2, -0.15) is 0 Å². The van der Waals surface area contributed by atoms with Crippen LogP contribution in [0.25, 0.3) is 5.32 Å². The van der Waals surface area contributed by atoms with Gasteiger partial charge in [-0.1, -0.05) is 0 Å². The van der Waals surface area contributed by atoms with E-state index in [-0.39, 0.29) is 56.4 Å². The van der Waals surface area contributed by atoms with Crippen LogP contribution in [0.4, 0.5) is 0 Å². The van der Waals surface area contributed by atoms with E-state index in [1.807, 2.05) is 0 Å². The van der Waals surface area contributed by atoms with Crippen LogP contribution < -0.4 is 29.5 Å². The minimum absolute atomic E-state index is 0. The van der Waals surface area contributed by atoms with Crippen molar-refractivity contribution in [3.8, 4) is 0 Å². The third-order valence-corrected chi connectivity index (χ3v) is 2.32. The Balaban J connectivity index is 0. The maximum atomic E-state index is 11.1. The van der Waals surface area contributed by atoms with Gasteiger partial charge in [-0.3, -0.25) is 19.2 Å². The van der Waals surface area contributed by atoms with Crippen molar-refractivity contribution in [3.05, 3.63) is 5.32 Å². The first-order chi connectivity index (χ1) is 9.91. The van der Waals surface area contributed by atoms with E-state index >= 15 is 0 Å². The number of carbonyl (C=O) groups is 4. The Kier molecular flexibility index (Phi) is 14.8. The van der Waals surface area contributed by atoms with Gasteiger partial charge < -0.3 is 26.2 Å². The molecule has 10 heteroatoms. The summed E-state index contributed by atoms with van der Waals surface area (Å²) >= 11 is 0. The van der Waals surface area contributed by atoms with Gasteiger partial charge in [0, 0.05) is 12.8 Å². The van der Waals surface area contributed by atoms with Crippen molar-refractivity contribution < 1.29 is 48.3 Å². The van der Waals surface area contributed by atoms with Crippen molar-refractivity contribution in [1.82, 2.24) is 10.6 Å². The van der Waals surface area contributed by atoms with Gasteiger partial charge in [-0.25, -0.2) is 0 Å². The van der Waals surface area contributed by atoms with Gasteiger partial charge >= 0.3 is 30.8 Å². The van der Waals surface area contributed by atoms with Gasteiger partial charge in [0.15, 0.2) is 0 Å². The summed E-state index contributed by atoms with van der Waals surface area (Å²) in [4.78, 5) is 42.7. The van der Waals surface area contributed by atoms with Crippen molar-refractivity contribution in [2.45, 2.75) is 25.7 Å². The van der Waals surface area contributed by atoms with E-state index in [4.69, 9.17) is 10.2 Å². The van der Waals surface area contributed by atoms with Gasteiger partial charge in [0.2, 0.25) is 11.8 Å². The fraction of sp³-hybridized carbons (Fsp3) is 0.667. The molecule has 0 aromatic rings. The summed E-state index contributed by atoms with van der Waals surface area (Å²) in [5.74, 6) is -2.72. The number of nitrogens with zero attached hydrogens (tertiary/aromatic N) is 1. The molecule has 0 unspecified atom stereocenters. The second-order valence-corrected chi connectivity index (χ2v) is 4.16. The predicted octanol–water partition coefficient (Wildman–Crippen LogP) is -3.67. The van der Waals surface area contributed by atoms with E-state index in [9.17, 15) is 19.2 Å². The smallest absolute Gasteiger partial charge is 0.659 e. The molecular formula is C12H20LiN3O6. The number of carbonyl (C=O) groups excluding carboxylic acids is 2. The van der Waals surface area contributed by atoms with E-state index in [2.05, 4.69) is 16.0 Å². The molecule has 0 rings (SSSR count). The van der Waals surface area contributed by atoms with Crippen LogP contribution in [-0.4, -0.2) is 60.1 Å². The topological polar surface area (TPSA) is 147 Å². The SMILES string of the molecule is O=C(O)CCC(=O)NCC[N-]CCNC(=O)CCC(=O)O.[Li+]. The number of hydrogen-bond donors (Lipinski definition) is 4. The maximum Gasteiger partial charge on any atom is 1.00 e. The minimum atomic E-state index is -1.02. The van der Waals surface area contributed by atoms with E-state index in [0.717, 1.165) is 0 Å². The number of carboxylic acid groups (broad SMARTS) is 2. The summed E-state index contributed by atoms with van der Waals surface area (Å²) in [6.07, 6.45) is -0.527.